The SMILES string of the molecule is Cn1cc2ccc(N3C=CC=CC3)c(N3CCC(Oc4ccc(F)cc4F)CC3)c2n1. The highest BCUT2D eigenvalue weighted by Gasteiger charge is 2.26. The summed E-state index contributed by atoms with van der Waals surface area (Å²) in [6, 6.07) is 7.71. The fraction of sp³-hybridized carbons (Fsp3) is 0.292. The number of hydrogen-bond donors (Lipinski definition) is 0. The van der Waals surface area contributed by atoms with Crippen molar-refractivity contribution >= 4 is 22.3 Å². The average Bonchev–Trinajstić information content (AvgIpc) is 3.16. The molecular weight excluding hydrogens is 398 g/mol. The minimum atomic E-state index is -0.659. The number of allylic oxidation sites excluding steroid dienone is 2. The number of anilines is 2. The Morgan fingerprint density at radius 3 is 2.65 bits per heavy atom. The number of nitrogens with zero attached hydrogens (tertiary/aromatic N) is 4. The first-order valence-corrected chi connectivity index (χ1v) is 10.5. The van der Waals surface area contributed by atoms with Crippen molar-refractivity contribution in [3.05, 3.63) is 72.6 Å². The van der Waals surface area contributed by atoms with Crippen molar-refractivity contribution in [3.8, 4) is 5.75 Å². The zero-order chi connectivity index (χ0) is 21.4. The maximum Gasteiger partial charge on any atom is 0.167 e. The Labute approximate surface area is 179 Å². The molecule has 0 atom stereocenters. The molecule has 1 aromatic heterocycles. The van der Waals surface area contributed by atoms with Gasteiger partial charge in [0.2, 0.25) is 0 Å². The van der Waals surface area contributed by atoms with E-state index in [1.165, 1.54) is 12.1 Å². The number of aryl methyl sites for hydroxylation is 1. The number of piperidine rings is 1. The maximum atomic E-state index is 14.0. The van der Waals surface area contributed by atoms with Crippen LogP contribution < -0.4 is 14.5 Å². The Kier molecular flexibility index (Phi) is 5.10. The molecule has 160 valence electrons. The summed E-state index contributed by atoms with van der Waals surface area (Å²) in [7, 11) is 1.93. The van der Waals surface area contributed by atoms with Crippen LogP contribution in [0, 0.1) is 11.6 Å². The van der Waals surface area contributed by atoms with Gasteiger partial charge in [-0.25, -0.2) is 8.78 Å². The number of ether oxygens (including phenoxy) is 1. The van der Waals surface area contributed by atoms with E-state index in [-0.39, 0.29) is 11.9 Å². The van der Waals surface area contributed by atoms with Crippen LogP contribution >= 0.6 is 0 Å². The van der Waals surface area contributed by atoms with Crippen molar-refractivity contribution in [2.75, 3.05) is 29.4 Å². The first-order valence-electron chi connectivity index (χ1n) is 10.5. The highest BCUT2D eigenvalue weighted by atomic mass is 19.1. The molecule has 0 spiro atoms. The molecule has 0 N–H and O–H groups in total. The van der Waals surface area contributed by atoms with Gasteiger partial charge in [-0.05, 0) is 30.3 Å². The molecule has 0 amide bonds. The second-order valence-electron chi connectivity index (χ2n) is 7.97. The Balaban J connectivity index is 1.39. The second kappa shape index (κ2) is 8.06. The van der Waals surface area contributed by atoms with E-state index in [1.54, 1.807) is 0 Å². The molecule has 2 aliphatic rings. The van der Waals surface area contributed by atoms with Crippen molar-refractivity contribution in [3.63, 3.8) is 0 Å². The van der Waals surface area contributed by atoms with E-state index in [4.69, 9.17) is 9.84 Å². The molecular formula is C24H24F2N4O. The Morgan fingerprint density at radius 2 is 1.90 bits per heavy atom. The van der Waals surface area contributed by atoms with Crippen LogP contribution in [0.25, 0.3) is 10.9 Å². The quantitative estimate of drug-likeness (QED) is 0.606. The monoisotopic (exact) mass is 422 g/mol. The lowest BCUT2D eigenvalue weighted by Crippen LogP contribution is -2.39. The molecule has 3 aromatic rings. The van der Waals surface area contributed by atoms with Gasteiger partial charge >= 0.3 is 0 Å². The summed E-state index contributed by atoms with van der Waals surface area (Å²) in [6.45, 7) is 2.35. The highest BCUT2D eigenvalue weighted by Crippen LogP contribution is 2.38. The van der Waals surface area contributed by atoms with Gasteiger partial charge in [0, 0.05) is 63.4 Å². The van der Waals surface area contributed by atoms with Crippen LogP contribution in [0.2, 0.25) is 0 Å². The molecule has 2 aliphatic heterocycles. The summed E-state index contributed by atoms with van der Waals surface area (Å²) in [5, 5.41) is 5.84. The molecule has 5 nitrogen and oxygen atoms in total. The number of aromatic nitrogens is 2. The van der Waals surface area contributed by atoms with Gasteiger partial charge < -0.3 is 14.5 Å². The summed E-state index contributed by atoms with van der Waals surface area (Å²) in [4.78, 5) is 4.57. The minimum absolute atomic E-state index is 0.109. The average molecular weight is 422 g/mol. The third-order valence-corrected chi connectivity index (χ3v) is 5.82. The molecule has 0 radical (unpaired) electrons. The summed E-state index contributed by atoms with van der Waals surface area (Å²) in [5.74, 6) is -1.15. The fourth-order valence-electron chi connectivity index (χ4n) is 4.32. The van der Waals surface area contributed by atoms with Crippen LogP contribution in [-0.4, -0.2) is 35.5 Å². The molecule has 31 heavy (non-hydrogen) atoms. The van der Waals surface area contributed by atoms with Crippen LogP contribution in [0.4, 0.5) is 20.2 Å². The van der Waals surface area contributed by atoms with Gasteiger partial charge in [0.15, 0.2) is 11.6 Å². The van der Waals surface area contributed by atoms with Gasteiger partial charge in [0.25, 0.3) is 0 Å². The van der Waals surface area contributed by atoms with Gasteiger partial charge in [0.05, 0.1) is 11.4 Å². The van der Waals surface area contributed by atoms with E-state index in [9.17, 15) is 8.78 Å². The van der Waals surface area contributed by atoms with Crippen molar-refractivity contribution in [1.82, 2.24) is 9.78 Å². The zero-order valence-electron chi connectivity index (χ0n) is 17.3. The standard InChI is InChI=1S/C24H24F2N4O/c1-28-16-17-5-7-21(29-11-3-2-4-12-29)24(23(17)27-28)30-13-9-19(10-14-30)31-22-8-6-18(25)15-20(22)26/h2-8,11,15-16,19H,9-10,12-14H2,1H3. The van der Waals surface area contributed by atoms with Gasteiger partial charge in [0.1, 0.15) is 17.4 Å². The van der Waals surface area contributed by atoms with Crippen LogP contribution in [-0.2, 0) is 7.05 Å². The first kappa shape index (κ1) is 19.6. The van der Waals surface area contributed by atoms with Crippen LogP contribution in [0.3, 0.4) is 0 Å². The van der Waals surface area contributed by atoms with E-state index in [2.05, 4.69) is 34.2 Å². The van der Waals surface area contributed by atoms with Crippen LogP contribution in [0.15, 0.2) is 61.0 Å². The van der Waals surface area contributed by atoms with Crippen molar-refractivity contribution < 1.29 is 13.5 Å². The van der Waals surface area contributed by atoms with E-state index in [0.717, 1.165) is 60.8 Å². The van der Waals surface area contributed by atoms with E-state index in [1.807, 2.05) is 30.1 Å². The molecule has 1 fully saturated rings. The third kappa shape index (κ3) is 3.87. The summed E-state index contributed by atoms with van der Waals surface area (Å²) < 4.78 is 34.8. The van der Waals surface area contributed by atoms with E-state index >= 15 is 0 Å². The molecule has 2 aromatic carbocycles. The maximum absolute atomic E-state index is 14.0. The topological polar surface area (TPSA) is 33.5 Å². The zero-order valence-corrected chi connectivity index (χ0v) is 17.3. The molecule has 0 aliphatic carbocycles. The normalized spacial score (nSPS) is 17.0. The van der Waals surface area contributed by atoms with Gasteiger partial charge in [-0.2, -0.15) is 5.10 Å². The van der Waals surface area contributed by atoms with E-state index < -0.39 is 11.6 Å². The molecule has 0 unspecified atom stereocenters. The van der Waals surface area contributed by atoms with Crippen molar-refractivity contribution in [2.24, 2.45) is 7.05 Å². The number of halogens is 2. The molecule has 0 bridgehead atoms. The van der Waals surface area contributed by atoms with Crippen LogP contribution in [0.5, 0.6) is 5.75 Å². The highest BCUT2D eigenvalue weighted by molar-refractivity contribution is 5.98. The number of hydrogen-bond acceptors (Lipinski definition) is 4. The van der Waals surface area contributed by atoms with Crippen molar-refractivity contribution in [1.29, 1.82) is 0 Å². The fourth-order valence-corrected chi connectivity index (χ4v) is 4.32. The summed E-state index contributed by atoms with van der Waals surface area (Å²) >= 11 is 0. The first-order chi connectivity index (χ1) is 15.1. The smallest absolute Gasteiger partial charge is 0.167 e. The lowest BCUT2D eigenvalue weighted by molar-refractivity contribution is 0.163. The molecule has 3 heterocycles. The predicted molar refractivity (Wildman–Crippen MR) is 119 cm³/mol. The minimum Gasteiger partial charge on any atom is -0.487 e. The largest absolute Gasteiger partial charge is 0.487 e. The Bertz CT molecular complexity index is 1160. The summed E-state index contributed by atoms with van der Waals surface area (Å²) in [6.07, 6.45) is 11.7. The molecule has 1 saturated heterocycles. The van der Waals surface area contributed by atoms with E-state index in [0.29, 0.717) is 0 Å². The second-order valence-corrected chi connectivity index (χ2v) is 7.97. The predicted octanol–water partition coefficient (Wildman–Crippen LogP) is 4.79. The molecule has 0 saturated carbocycles. The van der Waals surface area contributed by atoms with Gasteiger partial charge in [-0.3, -0.25) is 4.68 Å². The Hall–Kier alpha value is -3.35. The van der Waals surface area contributed by atoms with Gasteiger partial charge in [-0.1, -0.05) is 12.2 Å². The lowest BCUT2D eigenvalue weighted by Gasteiger charge is -2.36. The number of rotatable bonds is 4. The summed E-state index contributed by atoms with van der Waals surface area (Å²) in [5.41, 5.74) is 3.21. The third-order valence-electron chi connectivity index (χ3n) is 5.82. The van der Waals surface area contributed by atoms with Gasteiger partial charge in [-0.15, -0.1) is 0 Å². The number of benzene rings is 2. The van der Waals surface area contributed by atoms with Crippen molar-refractivity contribution in [2.45, 2.75) is 18.9 Å². The Morgan fingerprint density at radius 1 is 1.06 bits per heavy atom. The number of fused-ring (bicyclic) bond motifs is 1. The molecule has 5 rings (SSSR count). The lowest BCUT2D eigenvalue weighted by atomic mass is 10.0. The molecule has 7 heteroatoms. The van der Waals surface area contributed by atoms with Crippen LogP contribution in [0.1, 0.15) is 12.8 Å².